The van der Waals surface area contributed by atoms with E-state index >= 15 is 0 Å². The van der Waals surface area contributed by atoms with E-state index in [-0.39, 0.29) is 0 Å². The average molecular weight is 763 g/mol. The molecule has 0 aliphatic heterocycles. The minimum absolute atomic E-state index is 0.649. The molecule has 0 spiro atoms. The van der Waals surface area contributed by atoms with E-state index in [0.717, 1.165) is 32.6 Å². The van der Waals surface area contributed by atoms with E-state index in [9.17, 15) is 0 Å². The van der Waals surface area contributed by atoms with Crippen LogP contribution < -0.4 is 0 Å². The molecule has 0 aliphatic rings. The number of thiophene rings is 2. The predicted octanol–water partition coefficient (Wildman–Crippen LogP) is 14.4. The third-order valence-corrected chi connectivity index (χ3v) is 13.5. The number of aromatic nitrogens is 4. The molecule has 0 amide bonds. The molecule has 12 aromatic rings. The van der Waals surface area contributed by atoms with E-state index in [0.29, 0.717) is 17.5 Å². The molecule has 0 fully saturated rings. The van der Waals surface area contributed by atoms with Crippen molar-refractivity contribution in [3.05, 3.63) is 182 Å². The Bertz CT molecular complexity index is 3510. The van der Waals surface area contributed by atoms with Gasteiger partial charge in [-0.1, -0.05) is 146 Å². The monoisotopic (exact) mass is 762 g/mol. The van der Waals surface area contributed by atoms with Crippen molar-refractivity contribution in [2.24, 2.45) is 0 Å². The molecule has 0 unspecified atom stereocenters. The maximum absolute atomic E-state index is 5.37. The molecular weight excluding hydrogens is 733 g/mol. The Morgan fingerprint density at radius 2 is 0.930 bits per heavy atom. The van der Waals surface area contributed by atoms with Gasteiger partial charge >= 0.3 is 0 Å². The zero-order valence-corrected chi connectivity index (χ0v) is 32.1. The minimum atomic E-state index is 0.649. The van der Waals surface area contributed by atoms with Gasteiger partial charge in [-0.2, -0.15) is 0 Å². The number of rotatable bonds is 5. The maximum atomic E-state index is 5.37. The molecule has 0 N–H and O–H groups in total. The van der Waals surface area contributed by atoms with Gasteiger partial charge in [-0.05, 0) is 47.5 Å². The molecule has 4 nitrogen and oxygen atoms in total. The number of benzene rings is 8. The normalized spacial score (nSPS) is 11.9. The highest BCUT2D eigenvalue weighted by molar-refractivity contribution is 7.27. The summed E-state index contributed by atoms with van der Waals surface area (Å²) >= 11 is 3.63. The van der Waals surface area contributed by atoms with Crippen LogP contribution in [-0.4, -0.2) is 19.5 Å². The van der Waals surface area contributed by atoms with Crippen LogP contribution in [0.1, 0.15) is 0 Å². The van der Waals surface area contributed by atoms with E-state index in [4.69, 9.17) is 15.0 Å². The number of hydrogen-bond donors (Lipinski definition) is 0. The fourth-order valence-electron chi connectivity index (χ4n) is 8.47. The van der Waals surface area contributed by atoms with Crippen molar-refractivity contribution < 1.29 is 0 Å². The lowest BCUT2D eigenvalue weighted by Gasteiger charge is -2.11. The Morgan fingerprint density at radius 3 is 1.77 bits per heavy atom. The lowest BCUT2D eigenvalue weighted by molar-refractivity contribution is 1.08. The summed E-state index contributed by atoms with van der Waals surface area (Å²) in [6.45, 7) is 0. The molecule has 0 bridgehead atoms. The SMILES string of the molecule is c1ccc(-c2ccc(-c3nc(-c4cccc5c4sc4c5ccc5c6ccccc6n(-c6ccccc6)c54)nc(-c4cccc5sc6ccccc6c45)n3)cc2)cc1. The molecular formula is C51H30N4S2. The maximum Gasteiger partial charge on any atom is 0.165 e. The second kappa shape index (κ2) is 12.8. The molecule has 4 heterocycles. The second-order valence-electron chi connectivity index (χ2n) is 14.3. The van der Waals surface area contributed by atoms with Crippen LogP contribution in [0, 0.1) is 0 Å². The molecule has 0 atom stereocenters. The van der Waals surface area contributed by atoms with Crippen LogP contribution in [0.15, 0.2) is 182 Å². The van der Waals surface area contributed by atoms with Gasteiger partial charge in [0.15, 0.2) is 17.5 Å². The van der Waals surface area contributed by atoms with Gasteiger partial charge in [0.05, 0.1) is 15.7 Å². The number of nitrogens with zero attached hydrogens (tertiary/aromatic N) is 4. The summed E-state index contributed by atoms with van der Waals surface area (Å²) in [5.74, 6) is 1.98. The topological polar surface area (TPSA) is 43.6 Å². The van der Waals surface area contributed by atoms with Crippen LogP contribution in [0.4, 0.5) is 0 Å². The molecule has 0 saturated carbocycles. The van der Waals surface area contributed by atoms with Gasteiger partial charge in [-0.15, -0.1) is 22.7 Å². The summed E-state index contributed by atoms with van der Waals surface area (Å²) in [7, 11) is 0. The third-order valence-electron chi connectivity index (χ3n) is 11.1. The van der Waals surface area contributed by atoms with E-state index in [1.54, 1.807) is 11.3 Å². The standard InChI is InChI=1S/C51H30N4S2/c1-3-13-31(14-4-1)32-25-27-33(28-26-32)49-52-50(40-20-12-24-44-45(40)39-18-8-10-23-43(39)56-44)54-51(53-49)41-21-11-19-37-38-30-29-36-35-17-7-9-22-42(35)55(34-15-5-2-6-16-34)46(36)48(38)57-47(37)41/h1-30H. The number of fused-ring (bicyclic) bond motifs is 10. The van der Waals surface area contributed by atoms with Gasteiger partial charge in [0.1, 0.15) is 0 Å². The summed E-state index contributed by atoms with van der Waals surface area (Å²) in [4.78, 5) is 15.9. The third kappa shape index (κ3) is 5.08. The van der Waals surface area contributed by atoms with Gasteiger partial charge in [-0.25, -0.2) is 15.0 Å². The largest absolute Gasteiger partial charge is 0.308 e. The molecule has 0 saturated heterocycles. The van der Waals surface area contributed by atoms with Crippen molar-refractivity contribution in [2.75, 3.05) is 0 Å². The Morgan fingerprint density at radius 1 is 0.351 bits per heavy atom. The van der Waals surface area contributed by atoms with Crippen molar-refractivity contribution >= 4 is 84.8 Å². The first-order valence-electron chi connectivity index (χ1n) is 19.0. The van der Waals surface area contributed by atoms with Crippen LogP contribution in [0.2, 0.25) is 0 Å². The lowest BCUT2D eigenvalue weighted by atomic mass is 10.0. The van der Waals surface area contributed by atoms with Gasteiger partial charge in [0.25, 0.3) is 0 Å². The zero-order chi connectivity index (χ0) is 37.5. The van der Waals surface area contributed by atoms with E-state index in [1.807, 2.05) is 17.4 Å². The highest BCUT2D eigenvalue weighted by Crippen LogP contribution is 2.46. The first-order valence-corrected chi connectivity index (χ1v) is 20.7. The molecule has 266 valence electrons. The van der Waals surface area contributed by atoms with Crippen molar-refractivity contribution in [2.45, 2.75) is 0 Å². The molecule has 57 heavy (non-hydrogen) atoms. The second-order valence-corrected chi connectivity index (χ2v) is 16.4. The fourth-order valence-corrected chi connectivity index (χ4v) is 11.0. The molecule has 8 aromatic carbocycles. The van der Waals surface area contributed by atoms with Crippen LogP contribution >= 0.6 is 22.7 Å². The van der Waals surface area contributed by atoms with Gasteiger partial charge in [-0.3, -0.25) is 0 Å². The highest BCUT2D eigenvalue weighted by Gasteiger charge is 2.22. The lowest BCUT2D eigenvalue weighted by Crippen LogP contribution is -2.00. The van der Waals surface area contributed by atoms with Crippen molar-refractivity contribution in [3.8, 4) is 51.0 Å². The smallest absolute Gasteiger partial charge is 0.165 e. The molecule has 0 radical (unpaired) electrons. The Kier molecular flexibility index (Phi) is 7.24. The summed E-state index contributed by atoms with van der Waals surface area (Å²) in [5, 5.41) is 7.31. The van der Waals surface area contributed by atoms with Crippen LogP contribution in [-0.2, 0) is 0 Å². The van der Waals surface area contributed by atoms with Gasteiger partial charge < -0.3 is 4.57 Å². The molecule has 0 aliphatic carbocycles. The summed E-state index contributed by atoms with van der Waals surface area (Å²) < 4.78 is 7.29. The van der Waals surface area contributed by atoms with Crippen molar-refractivity contribution in [3.63, 3.8) is 0 Å². The van der Waals surface area contributed by atoms with Crippen LogP contribution in [0.25, 0.3) is 113 Å². The first-order chi connectivity index (χ1) is 28.3. The average Bonchev–Trinajstić information content (AvgIpc) is 3.97. The minimum Gasteiger partial charge on any atom is -0.308 e. The Hall–Kier alpha value is -6.99. The molecule has 12 rings (SSSR count). The van der Waals surface area contributed by atoms with Gasteiger partial charge in [0.2, 0.25) is 0 Å². The Balaban J connectivity index is 1.12. The van der Waals surface area contributed by atoms with Crippen molar-refractivity contribution in [1.29, 1.82) is 0 Å². The van der Waals surface area contributed by atoms with E-state index < -0.39 is 0 Å². The quantitative estimate of drug-likeness (QED) is 0.175. The summed E-state index contributed by atoms with van der Waals surface area (Å²) in [6, 6.07) is 64.7. The van der Waals surface area contributed by atoms with Gasteiger partial charge in [0, 0.05) is 68.8 Å². The molecule has 4 aromatic heterocycles. The number of hydrogen-bond acceptors (Lipinski definition) is 5. The fraction of sp³-hybridized carbons (Fsp3) is 0. The van der Waals surface area contributed by atoms with Crippen LogP contribution in [0.3, 0.4) is 0 Å². The first kappa shape index (κ1) is 32.3. The van der Waals surface area contributed by atoms with Crippen molar-refractivity contribution in [1.82, 2.24) is 19.5 Å². The van der Waals surface area contributed by atoms with E-state index in [1.165, 1.54) is 63.0 Å². The van der Waals surface area contributed by atoms with E-state index in [2.05, 4.69) is 180 Å². The highest BCUT2D eigenvalue weighted by atomic mass is 32.1. The zero-order valence-electron chi connectivity index (χ0n) is 30.4. The predicted molar refractivity (Wildman–Crippen MR) is 242 cm³/mol. The van der Waals surface area contributed by atoms with Crippen LogP contribution in [0.5, 0.6) is 0 Å². The molecule has 6 heteroatoms. The number of para-hydroxylation sites is 2. The summed E-state index contributed by atoms with van der Waals surface area (Å²) in [6.07, 6.45) is 0. The summed E-state index contributed by atoms with van der Waals surface area (Å²) in [5.41, 5.74) is 8.84. The Labute approximate surface area is 335 Å².